The fraction of sp³-hybridized carbons (Fsp3) is 0.350. The average Bonchev–Trinajstić information content (AvgIpc) is 3.11. The van der Waals surface area contributed by atoms with E-state index in [0.29, 0.717) is 12.5 Å². The predicted octanol–water partition coefficient (Wildman–Crippen LogP) is 4.40. The number of nitrogens with zero attached hydrogens (tertiary/aromatic N) is 2. The van der Waals surface area contributed by atoms with E-state index in [1.165, 1.54) is 17.8 Å². The van der Waals surface area contributed by atoms with Crippen molar-refractivity contribution in [3.63, 3.8) is 0 Å². The Morgan fingerprint density at radius 2 is 2.00 bits per heavy atom. The van der Waals surface area contributed by atoms with Gasteiger partial charge in [0, 0.05) is 43.4 Å². The second-order valence-electron chi connectivity index (χ2n) is 6.51. The van der Waals surface area contributed by atoms with E-state index in [1.54, 1.807) is 13.1 Å². The highest BCUT2D eigenvalue weighted by Gasteiger charge is 2.22. The zero-order valence-corrected chi connectivity index (χ0v) is 19.2. The summed E-state index contributed by atoms with van der Waals surface area (Å²) in [6, 6.07) is 15.1. The number of guanidine groups is 1. The molecule has 0 amide bonds. The van der Waals surface area contributed by atoms with Gasteiger partial charge in [0.05, 0.1) is 0 Å². The molecule has 4 nitrogen and oxygen atoms in total. The molecule has 0 aliphatic carbocycles. The van der Waals surface area contributed by atoms with E-state index in [2.05, 4.69) is 60.7 Å². The topological polar surface area (TPSA) is 39.7 Å². The molecular weight excluding hydrogens is 522 g/mol. The zero-order valence-electron chi connectivity index (χ0n) is 15.3. The minimum absolute atomic E-state index is 0. The van der Waals surface area contributed by atoms with Crippen LogP contribution in [0.3, 0.4) is 0 Å². The summed E-state index contributed by atoms with van der Waals surface area (Å²) in [5.74, 6) is 1.11. The van der Waals surface area contributed by atoms with Crippen LogP contribution in [0.2, 0.25) is 0 Å². The maximum atomic E-state index is 13.2. The number of benzene rings is 2. The third-order valence-electron chi connectivity index (χ3n) is 4.61. The number of hydrogen-bond donors (Lipinski definition) is 2. The lowest BCUT2D eigenvalue weighted by molar-refractivity contribution is 0.565. The number of halogens is 3. The van der Waals surface area contributed by atoms with Crippen molar-refractivity contribution in [3.8, 4) is 0 Å². The van der Waals surface area contributed by atoms with Gasteiger partial charge in [-0.3, -0.25) is 4.99 Å². The SMILES string of the molecule is CN=C(NCc1cccc(F)c1)NCC1CCN(c2ccc(Br)cc2)C1.I. The van der Waals surface area contributed by atoms with Crippen LogP contribution in [0.5, 0.6) is 0 Å². The monoisotopic (exact) mass is 546 g/mol. The highest BCUT2D eigenvalue weighted by atomic mass is 127. The summed E-state index contributed by atoms with van der Waals surface area (Å²) in [6.45, 7) is 3.53. The van der Waals surface area contributed by atoms with Gasteiger partial charge in [-0.2, -0.15) is 0 Å². The number of anilines is 1. The third kappa shape index (κ3) is 6.64. The second-order valence-corrected chi connectivity index (χ2v) is 7.43. The lowest BCUT2D eigenvalue weighted by atomic mass is 10.1. The van der Waals surface area contributed by atoms with E-state index < -0.39 is 0 Å². The molecular formula is C20H25BrFIN4. The van der Waals surface area contributed by atoms with Crippen LogP contribution in [0.1, 0.15) is 12.0 Å². The summed E-state index contributed by atoms with van der Waals surface area (Å²) in [7, 11) is 1.75. The van der Waals surface area contributed by atoms with Crippen LogP contribution < -0.4 is 15.5 Å². The van der Waals surface area contributed by atoms with Gasteiger partial charge in [-0.1, -0.05) is 28.1 Å². The Morgan fingerprint density at radius 3 is 2.70 bits per heavy atom. The Bertz CT molecular complexity index is 754. The van der Waals surface area contributed by atoms with E-state index in [0.717, 1.165) is 42.1 Å². The molecule has 1 aliphatic rings. The van der Waals surface area contributed by atoms with Gasteiger partial charge in [0.1, 0.15) is 5.82 Å². The summed E-state index contributed by atoms with van der Waals surface area (Å²) < 4.78 is 14.3. The molecule has 3 rings (SSSR count). The van der Waals surface area contributed by atoms with Gasteiger partial charge in [0.2, 0.25) is 0 Å². The van der Waals surface area contributed by atoms with Crippen molar-refractivity contribution < 1.29 is 4.39 Å². The maximum absolute atomic E-state index is 13.2. The molecule has 0 spiro atoms. The standard InChI is InChI=1S/C20H24BrFN4.HI/c1-23-20(24-12-15-3-2-4-18(22)11-15)25-13-16-9-10-26(14-16)19-7-5-17(21)6-8-19;/h2-8,11,16H,9-10,12-14H2,1H3,(H2,23,24,25);1H. The average molecular weight is 547 g/mol. The van der Waals surface area contributed by atoms with Gasteiger partial charge >= 0.3 is 0 Å². The Balaban J connectivity index is 0.00000261. The van der Waals surface area contributed by atoms with Gasteiger partial charge in [0.25, 0.3) is 0 Å². The summed E-state index contributed by atoms with van der Waals surface area (Å²) in [5.41, 5.74) is 2.17. The molecule has 27 heavy (non-hydrogen) atoms. The molecule has 1 fully saturated rings. The number of nitrogens with one attached hydrogen (secondary N) is 2. The molecule has 0 bridgehead atoms. The molecule has 2 aromatic carbocycles. The fourth-order valence-corrected chi connectivity index (χ4v) is 3.44. The molecule has 2 aromatic rings. The molecule has 0 saturated carbocycles. The highest BCUT2D eigenvalue weighted by Crippen LogP contribution is 2.24. The summed E-state index contributed by atoms with van der Waals surface area (Å²) in [5, 5.41) is 6.63. The van der Waals surface area contributed by atoms with E-state index >= 15 is 0 Å². The van der Waals surface area contributed by atoms with Gasteiger partial charge in [-0.25, -0.2) is 4.39 Å². The quantitative estimate of drug-likeness (QED) is 0.332. The van der Waals surface area contributed by atoms with Gasteiger partial charge in [-0.15, -0.1) is 24.0 Å². The summed E-state index contributed by atoms with van der Waals surface area (Å²) in [6.07, 6.45) is 1.16. The van der Waals surface area contributed by atoms with Crippen molar-refractivity contribution in [3.05, 3.63) is 64.4 Å². The summed E-state index contributed by atoms with van der Waals surface area (Å²) in [4.78, 5) is 6.67. The lowest BCUT2D eigenvalue weighted by Crippen LogP contribution is -2.39. The molecule has 1 unspecified atom stereocenters. The Morgan fingerprint density at radius 1 is 1.22 bits per heavy atom. The largest absolute Gasteiger partial charge is 0.371 e. The lowest BCUT2D eigenvalue weighted by Gasteiger charge is -2.19. The molecule has 1 atom stereocenters. The first-order valence-corrected chi connectivity index (χ1v) is 9.63. The normalized spacial score (nSPS) is 16.8. The van der Waals surface area contributed by atoms with Crippen LogP contribution in [0.4, 0.5) is 10.1 Å². The van der Waals surface area contributed by atoms with Crippen molar-refractivity contribution in [2.75, 3.05) is 31.6 Å². The van der Waals surface area contributed by atoms with Crippen molar-refractivity contribution >= 4 is 51.6 Å². The van der Waals surface area contributed by atoms with Gasteiger partial charge < -0.3 is 15.5 Å². The number of rotatable bonds is 5. The van der Waals surface area contributed by atoms with E-state index in [4.69, 9.17) is 0 Å². The van der Waals surface area contributed by atoms with Crippen molar-refractivity contribution in [1.82, 2.24) is 10.6 Å². The van der Waals surface area contributed by atoms with Crippen LogP contribution in [-0.2, 0) is 6.54 Å². The minimum Gasteiger partial charge on any atom is -0.371 e. The van der Waals surface area contributed by atoms with E-state index in [9.17, 15) is 4.39 Å². The van der Waals surface area contributed by atoms with Crippen molar-refractivity contribution in [2.45, 2.75) is 13.0 Å². The molecule has 146 valence electrons. The molecule has 0 aromatic heterocycles. The van der Waals surface area contributed by atoms with Crippen molar-refractivity contribution in [1.29, 1.82) is 0 Å². The van der Waals surface area contributed by atoms with Gasteiger partial charge in [-0.05, 0) is 54.3 Å². The summed E-state index contributed by atoms with van der Waals surface area (Å²) >= 11 is 3.48. The van der Waals surface area contributed by atoms with E-state index in [-0.39, 0.29) is 29.8 Å². The first-order valence-electron chi connectivity index (χ1n) is 8.83. The number of hydrogen-bond acceptors (Lipinski definition) is 2. The van der Waals surface area contributed by atoms with Crippen LogP contribution in [0, 0.1) is 11.7 Å². The predicted molar refractivity (Wildman–Crippen MR) is 124 cm³/mol. The molecule has 1 aliphatic heterocycles. The van der Waals surface area contributed by atoms with Crippen LogP contribution in [0.15, 0.2) is 58.0 Å². The Kier molecular flexibility index (Phi) is 8.82. The molecule has 2 N–H and O–H groups in total. The molecule has 1 heterocycles. The number of aliphatic imine (C=N–C) groups is 1. The van der Waals surface area contributed by atoms with Gasteiger partial charge in [0.15, 0.2) is 5.96 Å². The first kappa shape index (κ1) is 21.9. The third-order valence-corrected chi connectivity index (χ3v) is 5.14. The van der Waals surface area contributed by atoms with Crippen LogP contribution in [-0.4, -0.2) is 32.6 Å². The second kappa shape index (κ2) is 10.8. The van der Waals surface area contributed by atoms with Crippen molar-refractivity contribution in [2.24, 2.45) is 10.9 Å². The molecule has 1 saturated heterocycles. The molecule has 7 heteroatoms. The van der Waals surface area contributed by atoms with E-state index in [1.807, 2.05) is 6.07 Å². The fourth-order valence-electron chi connectivity index (χ4n) is 3.18. The van der Waals surface area contributed by atoms with Crippen LogP contribution >= 0.6 is 39.9 Å². The Labute approximate surface area is 185 Å². The zero-order chi connectivity index (χ0) is 18.4. The molecule has 0 radical (unpaired) electrons. The smallest absolute Gasteiger partial charge is 0.191 e. The van der Waals surface area contributed by atoms with Crippen LogP contribution in [0.25, 0.3) is 0 Å². The Hall–Kier alpha value is -1.35. The first-order chi connectivity index (χ1) is 12.6. The highest BCUT2D eigenvalue weighted by molar-refractivity contribution is 14.0. The maximum Gasteiger partial charge on any atom is 0.191 e. The minimum atomic E-state index is -0.216.